The lowest BCUT2D eigenvalue weighted by Gasteiger charge is -2.10. The van der Waals surface area contributed by atoms with Crippen molar-refractivity contribution in [2.75, 3.05) is 0 Å². The molecule has 0 amide bonds. The normalized spacial score (nSPS) is 10.8. The van der Waals surface area contributed by atoms with Crippen LogP contribution in [0.4, 0.5) is 0 Å². The highest BCUT2D eigenvalue weighted by atomic mass is 35.5. The second kappa shape index (κ2) is 6.71. The maximum absolute atomic E-state index is 6.13. The topological polar surface area (TPSA) is 35.0 Å². The summed E-state index contributed by atoms with van der Waals surface area (Å²) in [6.45, 7) is 0. The number of rotatable bonds is 3. The zero-order valence-corrected chi connectivity index (χ0v) is 14.5. The zero-order chi connectivity index (χ0) is 17.2. The largest absolute Gasteiger partial charge is 0.438 e. The number of hydrogen-bond acceptors (Lipinski definition) is 3. The molecule has 0 aliphatic carbocycles. The fraction of sp³-hybridized carbons (Fsp3) is 0. The molecule has 3 nitrogen and oxygen atoms in total. The molecule has 0 unspecified atom stereocenters. The maximum Gasteiger partial charge on any atom is 0.230 e. The van der Waals surface area contributed by atoms with Crippen LogP contribution in [-0.2, 0) is 0 Å². The summed E-state index contributed by atoms with van der Waals surface area (Å²) in [6.07, 6.45) is 0. The molecule has 0 fully saturated rings. The van der Waals surface area contributed by atoms with Crippen molar-refractivity contribution in [3.8, 4) is 23.0 Å². The quantitative estimate of drug-likeness (QED) is 0.420. The minimum atomic E-state index is 0.460. The fourth-order valence-corrected chi connectivity index (χ4v) is 2.79. The van der Waals surface area contributed by atoms with Crippen LogP contribution in [0, 0.1) is 0 Å². The van der Waals surface area contributed by atoms with Crippen LogP contribution >= 0.6 is 23.2 Å². The molecular weight excluding hydrogens is 355 g/mol. The van der Waals surface area contributed by atoms with E-state index >= 15 is 0 Å². The monoisotopic (exact) mass is 366 g/mol. The van der Waals surface area contributed by atoms with Gasteiger partial charge < -0.3 is 4.74 Å². The standard InChI is InChI=1S/C20H12Cl2N2O/c21-16-11-10-13(12-17(16)22)19-23-18-9-5-4-8-15(18)20(24-19)25-14-6-2-1-3-7-14/h1-12H. The summed E-state index contributed by atoms with van der Waals surface area (Å²) < 4.78 is 6.00. The van der Waals surface area contributed by atoms with E-state index in [1.165, 1.54) is 0 Å². The van der Waals surface area contributed by atoms with Gasteiger partial charge >= 0.3 is 0 Å². The van der Waals surface area contributed by atoms with E-state index in [0.717, 1.165) is 16.5 Å². The minimum Gasteiger partial charge on any atom is -0.438 e. The summed E-state index contributed by atoms with van der Waals surface area (Å²) in [5, 5.41) is 1.79. The molecule has 4 rings (SSSR count). The average molecular weight is 367 g/mol. The minimum absolute atomic E-state index is 0.460. The van der Waals surface area contributed by atoms with E-state index in [1.54, 1.807) is 12.1 Å². The Labute approximate surface area is 154 Å². The van der Waals surface area contributed by atoms with Crippen molar-refractivity contribution in [3.05, 3.63) is 82.8 Å². The van der Waals surface area contributed by atoms with E-state index in [2.05, 4.69) is 9.97 Å². The summed E-state index contributed by atoms with van der Waals surface area (Å²) in [5.74, 6) is 1.74. The molecule has 1 aromatic heterocycles. The van der Waals surface area contributed by atoms with Crippen LogP contribution in [0.2, 0.25) is 10.0 Å². The molecule has 122 valence electrons. The van der Waals surface area contributed by atoms with Crippen molar-refractivity contribution in [2.24, 2.45) is 0 Å². The number of hydrogen-bond donors (Lipinski definition) is 0. The molecule has 0 spiro atoms. The predicted molar refractivity (Wildman–Crippen MR) is 102 cm³/mol. The molecule has 4 aromatic rings. The molecule has 1 heterocycles. The van der Waals surface area contributed by atoms with Gasteiger partial charge in [-0.3, -0.25) is 0 Å². The van der Waals surface area contributed by atoms with Crippen molar-refractivity contribution in [1.82, 2.24) is 9.97 Å². The fourth-order valence-electron chi connectivity index (χ4n) is 2.49. The third-order valence-corrected chi connectivity index (χ3v) is 4.44. The first-order valence-electron chi connectivity index (χ1n) is 7.66. The Kier molecular flexibility index (Phi) is 4.26. The van der Waals surface area contributed by atoms with E-state index in [4.69, 9.17) is 27.9 Å². The van der Waals surface area contributed by atoms with Gasteiger partial charge in [-0.15, -0.1) is 0 Å². The Balaban J connectivity index is 1.87. The molecule has 0 N–H and O–H groups in total. The van der Waals surface area contributed by atoms with Crippen LogP contribution in [0.25, 0.3) is 22.3 Å². The van der Waals surface area contributed by atoms with Gasteiger partial charge in [-0.1, -0.05) is 53.5 Å². The number of fused-ring (bicyclic) bond motifs is 1. The molecule has 3 aromatic carbocycles. The SMILES string of the molecule is Clc1ccc(-c2nc(Oc3ccccc3)c3ccccc3n2)cc1Cl. The molecule has 0 aliphatic rings. The highest BCUT2D eigenvalue weighted by molar-refractivity contribution is 6.42. The first-order valence-corrected chi connectivity index (χ1v) is 8.41. The second-order valence-electron chi connectivity index (χ2n) is 5.41. The third-order valence-electron chi connectivity index (χ3n) is 3.70. The second-order valence-corrected chi connectivity index (χ2v) is 6.23. The van der Waals surface area contributed by atoms with Crippen LogP contribution in [0.5, 0.6) is 11.6 Å². The Hall–Kier alpha value is -2.62. The average Bonchev–Trinajstić information content (AvgIpc) is 2.65. The Morgan fingerprint density at radius 2 is 1.48 bits per heavy atom. The van der Waals surface area contributed by atoms with E-state index in [1.807, 2.05) is 60.7 Å². The van der Waals surface area contributed by atoms with Gasteiger partial charge in [0.25, 0.3) is 0 Å². The number of para-hydroxylation sites is 2. The molecule has 25 heavy (non-hydrogen) atoms. The van der Waals surface area contributed by atoms with Crippen molar-refractivity contribution >= 4 is 34.1 Å². The lowest BCUT2D eigenvalue weighted by molar-refractivity contribution is 0.469. The molecule has 0 atom stereocenters. The van der Waals surface area contributed by atoms with Crippen LogP contribution in [0.15, 0.2) is 72.8 Å². The van der Waals surface area contributed by atoms with Crippen LogP contribution in [-0.4, -0.2) is 9.97 Å². The van der Waals surface area contributed by atoms with Gasteiger partial charge in [0.2, 0.25) is 5.88 Å². The van der Waals surface area contributed by atoms with Gasteiger partial charge in [0.05, 0.1) is 20.9 Å². The molecule has 0 saturated heterocycles. The van der Waals surface area contributed by atoms with Gasteiger partial charge in [0.15, 0.2) is 5.82 Å². The first kappa shape index (κ1) is 15.9. The van der Waals surface area contributed by atoms with E-state index < -0.39 is 0 Å². The number of nitrogens with zero attached hydrogens (tertiary/aromatic N) is 2. The summed E-state index contributed by atoms with van der Waals surface area (Å²) in [6, 6.07) is 22.6. The highest BCUT2D eigenvalue weighted by Gasteiger charge is 2.12. The lowest BCUT2D eigenvalue weighted by Crippen LogP contribution is -1.96. The summed E-state index contributed by atoms with van der Waals surface area (Å²) >= 11 is 12.1. The Morgan fingerprint density at radius 3 is 2.28 bits per heavy atom. The molecule has 0 bridgehead atoms. The smallest absolute Gasteiger partial charge is 0.230 e. The molecular formula is C20H12Cl2N2O. The third kappa shape index (κ3) is 3.29. The Morgan fingerprint density at radius 1 is 0.720 bits per heavy atom. The van der Waals surface area contributed by atoms with Gasteiger partial charge in [-0.25, -0.2) is 4.98 Å². The van der Waals surface area contributed by atoms with E-state index in [-0.39, 0.29) is 0 Å². The first-order chi connectivity index (χ1) is 12.2. The van der Waals surface area contributed by atoms with Crippen molar-refractivity contribution in [2.45, 2.75) is 0 Å². The number of halogens is 2. The highest BCUT2D eigenvalue weighted by Crippen LogP contribution is 2.32. The van der Waals surface area contributed by atoms with Gasteiger partial charge in [-0.2, -0.15) is 4.98 Å². The summed E-state index contributed by atoms with van der Waals surface area (Å²) in [4.78, 5) is 9.23. The van der Waals surface area contributed by atoms with Crippen molar-refractivity contribution in [3.63, 3.8) is 0 Å². The number of benzene rings is 3. The van der Waals surface area contributed by atoms with E-state index in [9.17, 15) is 0 Å². The Bertz CT molecular complexity index is 1050. The molecule has 0 radical (unpaired) electrons. The predicted octanol–water partition coefficient (Wildman–Crippen LogP) is 6.40. The van der Waals surface area contributed by atoms with Crippen molar-refractivity contribution < 1.29 is 4.74 Å². The van der Waals surface area contributed by atoms with Gasteiger partial charge in [-0.05, 0) is 42.5 Å². The molecule has 0 aliphatic heterocycles. The van der Waals surface area contributed by atoms with Crippen molar-refractivity contribution in [1.29, 1.82) is 0 Å². The molecule has 5 heteroatoms. The number of aromatic nitrogens is 2. The maximum atomic E-state index is 6.13. The summed E-state index contributed by atoms with van der Waals surface area (Å²) in [7, 11) is 0. The van der Waals surface area contributed by atoms with Crippen LogP contribution in [0.1, 0.15) is 0 Å². The van der Waals surface area contributed by atoms with Gasteiger partial charge in [0.1, 0.15) is 5.75 Å². The zero-order valence-electron chi connectivity index (χ0n) is 13.0. The van der Waals surface area contributed by atoms with E-state index in [0.29, 0.717) is 27.5 Å². The number of ether oxygens (including phenoxy) is 1. The molecule has 0 saturated carbocycles. The van der Waals surface area contributed by atoms with Gasteiger partial charge in [0, 0.05) is 5.56 Å². The van der Waals surface area contributed by atoms with Crippen LogP contribution in [0.3, 0.4) is 0 Å². The van der Waals surface area contributed by atoms with Crippen LogP contribution < -0.4 is 4.74 Å². The lowest BCUT2D eigenvalue weighted by atomic mass is 10.2. The summed E-state index contributed by atoms with van der Waals surface area (Å²) in [5.41, 5.74) is 1.57.